The van der Waals surface area contributed by atoms with Crippen LogP contribution in [0, 0.1) is 0 Å². The number of benzene rings is 2. The maximum absolute atomic E-state index is 12.9. The number of methoxy groups -OCH3 is 3. The lowest BCUT2D eigenvalue weighted by atomic mass is 9.77. The van der Waals surface area contributed by atoms with Crippen molar-refractivity contribution in [1.82, 2.24) is 9.80 Å². The summed E-state index contributed by atoms with van der Waals surface area (Å²) in [5.74, 6) is 3.19. The lowest BCUT2D eigenvalue weighted by Gasteiger charge is -2.34. The first kappa shape index (κ1) is 22.5. The molecule has 0 saturated carbocycles. The first-order valence-electron chi connectivity index (χ1n) is 11.4. The number of likely N-dealkylation sites (N-methyl/N-ethyl adjacent to an activating group) is 1. The Hall–Kier alpha value is -2.73. The van der Waals surface area contributed by atoms with Gasteiger partial charge in [-0.05, 0) is 72.8 Å². The molecule has 32 heavy (non-hydrogen) atoms. The third-order valence-electron chi connectivity index (χ3n) is 6.86. The minimum absolute atomic E-state index is 0.247. The van der Waals surface area contributed by atoms with Crippen LogP contribution < -0.4 is 14.2 Å². The summed E-state index contributed by atoms with van der Waals surface area (Å²) in [6.45, 7) is 3.29. The molecule has 2 aromatic rings. The molecule has 0 radical (unpaired) electrons. The fraction of sp³-hybridized carbons (Fsp3) is 0.500. The third-order valence-corrected chi connectivity index (χ3v) is 6.86. The second-order valence-electron chi connectivity index (χ2n) is 8.83. The quantitative estimate of drug-likeness (QED) is 0.633. The maximum atomic E-state index is 12.9. The van der Waals surface area contributed by atoms with E-state index in [-0.39, 0.29) is 5.91 Å². The number of hydrogen-bond donors (Lipinski definition) is 0. The largest absolute Gasteiger partial charge is 0.497 e. The van der Waals surface area contributed by atoms with E-state index in [1.807, 2.05) is 11.0 Å². The predicted octanol–water partition coefficient (Wildman–Crippen LogP) is 3.30. The molecule has 0 fully saturated rings. The molecule has 4 rings (SSSR count). The Labute approximate surface area is 191 Å². The van der Waals surface area contributed by atoms with Crippen molar-refractivity contribution < 1.29 is 19.0 Å². The number of fused-ring (bicyclic) bond motifs is 2. The van der Waals surface area contributed by atoms with Crippen molar-refractivity contribution >= 4 is 5.91 Å². The van der Waals surface area contributed by atoms with Gasteiger partial charge in [0.2, 0.25) is 5.91 Å². The van der Waals surface area contributed by atoms with Gasteiger partial charge in [0.05, 0.1) is 21.3 Å². The summed E-state index contributed by atoms with van der Waals surface area (Å²) < 4.78 is 16.2. The standard InChI is InChI=1S/C26H34N2O4/c1-27(17-21-13-20-15-24(31-3)25(32-4)16-23(20)21)10-9-26(29)28-11-7-18-5-6-22(30-2)14-19(18)8-12-28/h5-6,14-16,21H,7-13,17H2,1-4H3/t21-/m1/s1. The molecular weight excluding hydrogens is 404 g/mol. The number of nitrogens with zero attached hydrogens (tertiary/aromatic N) is 2. The van der Waals surface area contributed by atoms with Crippen LogP contribution in [0.25, 0.3) is 0 Å². The average molecular weight is 439 g/mol. The SMILES string of the molecule is COc1ccc2c(c1)CCN(C(=O)CCN(C)C[C@H]1Cc3cc(OC)c(OC)cc31)CC2. The van der Waals surface area contributed by atoms with Crippen molar-refractivity contribution in [2.24, 2.45) is 0 Å². The van der Waals surface area contributed by atoms with Crippen LogP contribution in [0.5, 0.6) is 17.2 Å². The van der Waals surface area contributed by atoms with E-state index >= 15 is 0 Å². The van der Waals surface area contributed by atoms with Gasteiger partial charge in [-0.3, -0.25) is 4.79 Å². The monoisotopic (exact) mass is 438 g/mol. The van der Waals surface area contributed by atoms with Crippen LogP contribution in [0.4, 0.5) is 0 Å². The maximum Gasteiger partial charge on any atom is 0.223 e. The number of carbonyl (C=O) groups is 1. The molecule has 1 aliphatic carbocycles. The van der Waals surface area contributed by atoms with Gasteiger partial charge in [-0.1, -0.05) is 6.07 Å². The fourth-order valence-electron chi connectivity index (χ4n) is 4.89. The van der Waals surface area contributed by atoms with Crippen molar-refractivity contribution in [3.8, 4) is 17.2 Å². The molecule has 1 atom stereocenters. The summed E-state index contributed by atoms with van der Waals surface area (Å²) in [5, 5.41) is 0. The Balaban J connectivity index is 1.27. The summed E-state index contributed by atoms with van der Waals surface area (Å²) in [6, 6.07) is 10.4. The number of rotatable bonds is 8. The highest BCUT2D eigenvalue weighted by Gasteiger charge is 2.29. The molecule has 0 N–H and O–H groups in total. The molecule has 172 valence electrons. The fourth-order valence-corrected chi connectivity index (χ4v) is 4.89. The lowest BCUT2D eigenvalue weighted by molar-refractivity contribution is -0.131. The molecule has 0 spiro atoms. The zero-order chi connectivity index (χ0) is 22.7. The molecular formula is C26H34N2O4. The van der Waals surface area contributed by atoms with E-state index in [0.717, 1.165) is 62.7 Å². The summed E-state index contributed by atoms with van der Waals surface area (Å²) >= 11 is 0. The van der Waals surface area contributed by atoms with Crippen LogP contribution in [0.2, 0.25) is 0 Å². The Morgan fingerprint density at radius 2 is 1.69 bits per heavy atom. The smallest absolute Gasteiger partial charge is 0.223 e. The van der Waals surface area contributed by atoms with Crippen molar-refractivity contribution in [3.63, 3.8) is 0 Å². The molecule has 6 nitrogen and oxygen atoms in total. The highest BCUT2D eigenvalue weighted by molar-refractivity contribution is 5.76. The lowest BCUT2D eigenvalue weighted by Crippen LogP contribution is -2.37. The number of amides is 1. The van der Waals surface area contributed by atoms with Gasteiger partial charge in [-0.15, -0.1) is 0 Å². The average Bonchev–Trinajstić information content (AvgIpc) is 3.02. The molecule has 2 aromatic carbocycles. The van der Waals surface area contributed by atoms with Crippen LogP contribution in [0.3, 0.4) is 0 Å². The molecule has 0 unspecified atom stereocenters. The van der Waals surface area contributed by atoms with Crippen LogP contribution in [0.1, 0.15) is 34.6 Å². The molecule has 1 amide bonds. The van der Waals surface area contributed by atoms with E-state index in [1.54, 1.807) is 21.3 Å². The van der Waals surface area contributed by atoms with Gasteiger partial charge in [-0.25, -0.2) is 0 Å². The topological polar surface area (TPSA) is 51.2 Å². The first-order valence-corrected chi connectivity index (χ1v) is 11.4. The van der Waals surface area contributed by atoms with Crippen molar-refractivity contribution in [1.29, 1.82) is 0 Å². The zero-order valence-corrected chi connectivity index (χ0v) is 19.6. The predicted molar refractivity (Wildman–Crippen MR) is 125 cm³/mol. The Morgan fingerprint density at radius 1 is 0.969 bits per heavy atom. The van der Waals surface area contributed by atoms with E-state index in [0.29, 0.717) is 12.3 Å². The van der Waals surface area contributed by atoms with Gasteiger partial charge in [-0.2, -0.15) is 0 Å². The molecule has 1 aliphatic heterocycles. The minimum atomic E-state index is 0.247. The summed E-state index contributed by atoms with van der Waals surface area (Å²) in [4.78, 5) is 17.2. The zero-order valence-electron chi connectivity index (χ0n) is 19.6. The molecule has 6 heteroatoms. The Kier molecular flexibility index (Phi) is 6.89. The highest BCUT2D eigenvalue weighted by Crippen LogP contribution is 2.42. The van der Waals surface area contributed by atoms with Gasteiger partial charge in [0.1, 0.15) is 5.75 Å². The van der Waals surface area contributed by atoms with Gasteiger partial charge in [0, 0.05) is 38.5 Å². The normalized spacial score (nSPS) is 17.2. The van der Waals surface area contributed by atoms with Crippen LogP contribution in [-0.4, -0.2) is 70.3 Å². The van der Waals surface area contributed by atoms with Crippen LogP contribution >= 0.6 is 0 Å². The van der Waals surface area contributed by atoms with Crippen molar-refractivity contribution in [2.75, 3.05) is 54.6 Å². The minimum Gasteiger partial charge on any atom is -0.497 e. The third kappa shape index (κ3) is 4.70. The van der Waals surface area contributed by atoms with E-state index in [2.05, 4.69) is 36.2 Å². The molecule has 0 bridgehead atoms. The second-order valence-corrected chi connectivity index (χ2v) is 8.83. The van der Waals surface area contributed by atoms with Crippen LogP contribution in [-0.2, 0) is 24.1 Å². The molecule has 0 aromatic heterocycles. The second kappa shape index (κ2) is 9.82. The number of carbonyl (C=O) groups excluding carboxylic acids is 1. The van der Waals surface area contributed by atoms with E-state index < -0.39 is 0 Å². The Morgan fingerprint density at radius 3 is 2.41 bits per heavy atom. The number of ether oxygens (including phenoxy) is 3. The highest BCUT2D eigenvalue weighted by atomic mass is 16.5. The molecule has 0 saturated heterocycles. The first-order chi connectivity index (χ1) is 15.5. The Bertz CT molecular complexity index is 975. The van der Waals surface area contributed by atoms with E-state index in [4.69, 9.17) is 14.2 Å². The van der Waals surface area contributed by atoms with E-state index in [9.17, 15) is 4.79 Å². The molecule has 1 heterocycles. The van der Waals surface area contributed by atoms with Gasteiger partial charge < -0.3 is 24.0 Å². The van der Waals surface area contributed by atoms with Crippen molar-refractivity contribution in [3.05, 3.63) is 52.6 Å². The van der Waals surface area contributed by atoms with Gasteiger partial charge in [0.25, 0.3) is 0 Å². The number of hydrogen-bond acceptors (Lipinski definition) is 5. The summed E-state index contributed by atoms with van der Waals surface area (Å²) in [7, 11) is 7.15. The molecule has 2 aliphatic rings. The summed E-state index contributed by atoms with van der Waals surface area (Å²) in [6.07, 6.45) is 3.40. The van der Waals surface area contributed by atoms with Crippen LogP contribution in [0.15, 0.2) is 30.3 Å². The van der Waals surface area contributed by atoms with Crippen molar-refractivity contribution in [2.45, 2.75) is 31.6 Å². The summed E-state index contributed by atoms with van der Waals surface area (Å²) in [5.41, 5.74) is 5.29. The van der Waals surface area contributed by atoms with E-state index in [1.165, 1.54) is 22.3 Å². The van der Waals surface area contributed by atoms with Gasteiger partial charge in [0.15, 0.2) is 11.5 Å². The van der Waals surface area contributed by atoms with Gasteiger partial charge >= 0.3 is 0 Å².